The van der Waals surface area contributed by atoms with Gasteiger partial charge in [-0.15, -0.1) is 0 Å². The van der Waals surface area contributed by atoms with Gasteiger partial charge in [-0.25, -0.2) is 4.79 Å². The Kier molecular flexibility index (Phi) is 15.7. The predicted molar refractivity (Wildman–Crippen MR) is 212 cm³/mol. The maximum Gasteiger partial charge on any atom is 0.452 e. The lowest BCUT2D eigenvalue weighted by molar-refractivity contribution is -0.175. The average Bonchev–Trinajstić information content (AvgIpc) is 3.59. The number of carbonyl (C=O) groups is 5. The minimum absolute atomic E-state index is 0.0965. The van der Waals surface area contributed by atoms with Crippen molar-refractivity contribution < 1.29 is 55.4 Å². The van der Waals surface area contributed by atoms with Crippen LogP contribution in [0.2, 0.25) is 5.02 Å². The van der Waals surface area contributed by atoms with Crippen molar-refractivity contribution in [1.82, 2.24) is 20.9 Å². The van der Waals surface area contributed by atoms with Crippen molar-refractivity contribution in [2.45, 2.75) is 89.2 Å². The smallest absolute Gasteiger partial charge is 0.452 e. The molecule has 0 radical (unpaired) electrons. The number of likely N-dealkylation sites (tertiary alicyclic amines) is 1. The fraction of sp³-hybridized carbons (Fsp3) is 0.439. The zero-order valence-corrected chi connectivity index (χ0v) is 34.8. The van der Waals surface area contributed by atoms with Crippen LogP contribution >= 0.6 is 11.6 Å². The maximum atomic E-state index is 14.8. The quantitative estimate of drug-likeness (QED) is 0.159. The molecule has 0 saturated carbocycles. The summed E-state index contributed by atoms with van der Waals surface area (Å²) >= 11 is 3.32. The number of Topliss-reactive ketones (excluding diaryl/α,β-unsaturated/α-hetero) is 1. The van der Waals surface area contributed by atoms with Crippen LogP contribution in [-0.2, 0) is 43.2 Å². The summed E-state index contributed by atoms with van der Waals surface area (Å²) in [5.74, 6) is -6.39. The number of carbonyl (C=O) groups excluding carboxylic acids is 5. The first-order chi connectivity index (χ1) is 27.6. The van der Waals surface area contributed by atoms with Gasteiger partial charge in [0.2, 0.25) is 11.8 Å². The highest BCUT2D eigenvalue weighted by Gasteiger charge is 2.49. The number of amides is 4. The van der Waals surface area contributed by atoms with Crippen LogP contribution in [0.1, 0.15) is 73.3 Å². The molecule has 3 N–H and O–H groups in total. The lowest BCUT2D eigenvalue weighted by atomic mass is 9.95. The highest BCUT2D eigenvalue weighted by atomic mass is 35.5. The molecule has 6 atom stereocenters. The number of nitrogens with one attached hydrogen (secondary N) is 3. The highest BCUT2D eigenvalue weighted by Crippen LogP contribution is 2.38. The largest absolute Gasteiger partial charge is 0.772 e. The lowest BCUT2D eigenvalue weighted by Gasteiger charge is -2.31. The first kappa shape index (κ1) is 46.7. The molecule has 0 spiro atoms. The van der Waals surface area contributed by atoms with Gasteiger partial charge >= 0.3 is 12.3 Å². The summed E-state index contributed by atoms with van der Waals surface area (Å²) in [7, 11) is 1.43. The van der Waals surface area contributed by atoms with Crippen LogP contribution in [-0.4, -0.2) is 86.8 Å². The van der Waals surface area contributed by atoms with E-state index in [2.05, 4.69) is 16.0 Å². The van der Waals surface area contributed by atoms with Crippen molar-refractivity contribution in [1.29, 1.82) is 0 Å². The van der Waals surface area contributed by atoms with Crippen molar-refractivity contribution in [3.8, 4) is 5.75 Å². The Labute approximate surface area is 348 Å². The van der Waals surface area contributed by atoms with Crippen molar-refractivity contribution >= 4 is 52.3 Å². The molecule has 320 valence electrons. The molecule has 18 heteroatoms. The predicted octanol–water partition coefficient (Wildman–Crippen LogP) is 5.82. The van der Waals surface area contributed by atoms with E-state index in [9.17, 15) is 45.9 Å². The molecule has 4 amide bonds. The molecule has 13 nitrogen and oxygen atoms in total. The molecule has 2 unspecified atom stereocenters. The number of halogens is 4. The lowest BCUT2D eigenvalue weighted by Crippen LogP contribution is -2.57. The molecule has 1 aliphatic heterocycles. The Morgan fingerprint density at radius 3 is 2.12 bits per heavy atom. The molecule has 1 heterocycles. The van der Waals surface area contributed by atoms with E-state index >= 15 is 0 Å². The summed E-state index contributed by atoms with van der Waals surface area (Å²) in [6.45, 7) is 7.55. The molecule has 0 aliphatic carbocycles. The van der Waals surface area contributed by atoms with Gasteiger partial charge in [-0.2, -0.15) is 13.2 Å². The van der Waals surface area contributed by atoms with E-state index in [0.717, 1.165) is 4.90 Å². The Balaban J connectivity index is 1.72. The van der Waals surface area contributed by atoms with Crippen molar-refractivity contribution in [2.24, 2.45) is 11.8 Å². The first-order valence-electron chi connectivity index (χ1n) is 18.6. The number of methoxy groups -OCH3 is 1. The number of hydrogen-bond donors (Lipinski definition) is 3. The van der Waals surface area contributed by atoms with E-state index in [1.807, 2.05) is 0 Å². The molecule has 0 aromatic heterocycles. The fourth-order valence-corrected chi connectivity index (χ4v) is 7.74. The molecular formula is C41H47ClF3N4O9S-. The van der Waals surface area contributed by atoms with Gasteiger partial charge in [0.1, 0.15) is 23.4 Å². The number of hydrogen-bond acceptors (Lipinski definition) is 9. The van der Waals surface area contributed by atoms with Crippen LogP contribution in [0, 0.1) is 11.8 Å². The topological polar surface area (TPSA) is 183 Å². The molecule has 59 heavy (non-hydrogen) atoms. The SMILES string of the molecule is COc1ccc(C([C@@H]2C[C@@H](C(=O)N[C@H](C(=O)C(F)(F)F)C(C)C)N(C(=O)[C@H](Cc3ccc(CNC(=O)OC(C)(C)C)cc3)NC(=O)c3cccc(Cl)c3)C2)S(=O)[O-])cc1. The Bertz CT molecular complexity index is 2010. The third kappa shape index (κ3) is 13.0. The molecule has 0 bridgehead atoms. The average molecular weight is 864 g/mol. The van der Waals surface area contributed by atoms with Crippen LogP contribution in [0.15, 0.2) is 72.8 Å². The molecule has 3 aromatic rings. The zero-order chi connectivity index (χ0) is 43.8. The van der Waals surface area contributed by atoms with E-state index in [4.69, 9.17) is 21.1 Å². The standard InChI is InChI=1S/C41H48ClF3N4O9S/c1-23(2)33(35(50)41(43,44)45)48-37(52)32-20-28(34(59(55)56)26-14-16-30(57-6)17-15-26)22-49(32)38(53)31(47-36(51)27-8-7-9-29(42)19-27)18-24-10-12-25(13-11-24)21-46-39(54)58-40(3,4)5/h7-17,19,23,28,31-34H,18,20-22H2,1-6H3,(H,46,54)(H,47,51)(H,48,52)(H,55,56)/p-1/t28-,31+,32+,33+,34?/m1/s1. The minimum Gasteiger partial charge on any atom is -0.772 e. The molecule has 1 aliphatic rings. The fourth-order valence-electron chi connectivity index (χ4n) is 6.66. The van der Waals surface area contributed by atoms with Gasteiger partial charge in [-0.05, 0) is 97.1 Å². The normalized spacial score (nSPS) is 17.7. The minimum atomic E-state index is -5.29. The highest BCUT2D eigenvalue weighted by molar-refractivity contribution is 7.79. The van der Waals surface area contributed by atoms with Crippen molar-refractivity contribution in [3.63, 3.8) is 0 Å². The number of rotatable bonds is 15. The monoisotopic (exact) mass is 863 g/mol. The van der Waals surface area contributed by atoms with E-state index in [0.29, 0.717) is 22.4 Å². The second kappa shape index (κ2) is 19.8. The van der Waals surface area contributed by atoms with Crippen molar-refractivity contribution in [3.05, 3.63) is 100 Å². The van der Waals surface area contributed by atoms with Crippen LogP contribution in [0.3, 0.4) is 0 Å². The molecule has 4 rings (SSSR count). The maximum absolute atomic E-state index is 14.8. The second-order valence-corrected chi connectivity index (χ2v) is 16.9. The van der Waals surface area contributed by atoms with Crippen LogP contribution in [0.5, 0.6) is 5.75 Å². The zero-order valence-electron chi connectivity index (χ0n) is 33.3. The summed E-state index contributed by atoms with van der Waals surface area (Å²) in [6, 6.07) is 13.7. The Morgan fingerprint density at radius 1 is 0.949 bits per heavy atom. The number of benzene rings is 3. The summed E-state index contributed by atoms with van der Waals surface area (Å²) < 4.78 is 77.0. The van der Waals surface area contributed by atoms with Crippen LogP contribution in [0.4, 0.5) is 18.0 Å². The second-order valence-electron chi connectivity index (χ2n) is 15.5. The summed E-state index contributed by atoms with van der Waals surface area (Å²) in [5, 5.41) is 6.48. The van der Waals surface area contributed by atoms with Gasteiger partial charge in [-0.3, -0.25) is 23.4 Å². The van der Waals surface area contributed by atoms with E-state index < -0.39 is 87.7 Å². The summed E-state index contributed by atoms with van der Waals surface area (Å²) in [6.07, 6.45) is -6.39. The number of ether oxygens (including phenoxy) is 2. The van der Waals surface area contributed by atoms with Crippen LogP contribution in [0.25, 0.3) is 0 Å². The third-order valence-corrected chi connectivity index (χ3v) is 10.8. The third-order valence-electron chi connectivity index (χ3n) is 9.51. The van der Waals surface area contributed by atoms with Gasteiger partial charge in [0, 0.05) is 30.1 Å². The Hall–Kier alpha value is -5.00. The van der Waals surface area contributed by atoms with Gasteiger partial charge in [-0.1, -0.05) is 67.9 Å². The number of alkyl halides is 3. The number of alkyl carbamates (subject to hydrolysis) is 1. The van der Waals surface area contributed by atoms with Crippen LogP contribution < -0.4 is 20.7 Å². The number of ketones is 1. The summed E-state index contributed by atoms with van der Waals surface area (Å²) in [4.78, 5) is 68.0. The van der Waals surface area contributed by atoms with Gasteiger partial charge < -0.3 is 34.9 Å². The van der Waals surface area contributed by atoms with E-state index in [1.54, 1.807) is 51.1 Å². The first-order valence-corrected chi connectivity index (χ1v) is 20.1. The molecule has 1 saturated heterocycles. The van der Waals surface area contributed by atoms with Gasteiger partial charge in [0.25, 0.3) is 11.7 Å². The van der Waals surface area contributed by atoms with E-state index in [-0.39, 0.29) is 36.5 Å². The number of nitrogens with zero attached hydrogens (tertiary/aromatic N) is 1. The molecule has 1 fully saturated rings. The van der Waals surface area contributed by atoms with Crippen molar-refractivity contribution in [2.75, 3.05) is 13.7 Å². The van der Waals surface area contributed by atoms with E-state index in [1.165, 1.54) is 63.4 Å². The van der Waals surface area contributed by atoms with Gasteiger partial charge in [0.15, 0.2) is 0 Å². The Morgan fingerprint density at radius 2 is 1.58 bits per heavy atom. The summed E-state index contributed by atoms with van der Waals surface area (Å²) in [5.41, 5.74) is 0.892. The molecular weight excluding hydrogens is 817 g/mol. The molecule has 3 aromatic carbocycles. The van der Waals surface area contributed by atoms with Gasteiger partial charge in [0.05, 0.1) is 18.4 Å².